The fourth-order valence-corrected chi connectivity index (χ4v) is 3.58. The highest BCUT2D eigenvalue weighted by Crippen LogP contribution is 2.22. The van der Waals surface area contributed by atoms with Crippen LogP contribution < -0.4 is 5.73 Å². The van der Waals surface area contributed by atoms with Gasteiger partial charge in [-0.2, -0.15) is 0 Å². The number of rotatable bonds is 4. The lowest BCUT2D eigenvalue weighted by molar-refractivity contribution is 0.0179. The molecule has 0 amide bonds. The molecule has 0 bridgehead atoms. The zero-order valence-corrected chi connectivity index (χ0v) is 14.6. The van der Waals surface area contributed by atoms with E-state index in [9.17, 15) is 0 Å². The van der Waals surface area contributed by atoms with Crippen LogP contribution in [0.4, 0.5) is 0 Å². The van der Waals surface area contributed by atoms with E-state index in [1.54, 1.807) is 0 Å². The summed E-state index contributed by atoms with van der Waals surface area (Å²) < 4.78 is 5.51. The van der Waals surface area contributed by atoms with Crippen molar-refractivity contribution >= 4 is 5.96 Å². The van der Waals surface area contributed by atoms with Gasteiger partial charge in [-0.15, -0.1) is 0 Å². The first kappa shape index (κ1) is 17.2. The Bertz CT molecular complexity index is 505. The Labute approximate surface area is 145 Å². The van der Waals surface area contributed by atoms with E-state index in [0.717, 1.165) is 39.4 Å². The molecular formula is C19H30N4O. The van der Waals surface area contributed by atoms with E-state index in [1.165, 1.54) is 31.2 Å². The predicted molar refractivity (Wildman–Crippen MR) is 98.1 cm³/mol. The lowest BCUT2D eigenvalue weighted by atomic mass is 10.1. The molecule has 5 heteroatoms. The molecule has 24 heavy (non-hydrogen) atoms. The highest BCUT2D eigenvalue weighted by molar-refractivity contribution is 5.78. The number of nitrogens with two attached hydrogens (primary N) is 1. The van der Waals surface area contributed by atoms with E-state index in [-0.39, 0.29) is 6.04 Å². The standard InChI is InChI=1S/C19H30N4O/c20-19(23-10-6-1-2-7-11-23)21-16-18(17-8-4-3-5-9-17)22-12-14-24-15-13-22/h3-5,8-9,18H,1-2,6-7,10-16H2,(H2,20,21). The van der Waals surface area contributed by atoms with E-state index in [1.807, 2.05) is 0 Å². The molecule has 3 rings (SSSR count). The van der Waals surface area contributed by atoms with Crippen molar-refractivity contribution < 1.29 is 4.74 Å². The molecule has 2 fully saturated rings. The monoisotopic (exact) mass is 330 g/mol. The minimum atomic E-state index is 0.278. The Balaban J connectivity index is 1.69. The zero-order valence-electron chi connectivity index (χ0n) is 14.6. The Kier molecular flexibility index (Phi) is 6.49. The van der Waals surface area contributed by atoms with Crippen LogP contribution in [0, 0.1) is 0 Å². The fraction of sp³-hybridized carbons (Fsp3) is 0.632. The summed E-state index contributed by atoms with van der Waals surface area (Å²) in [4.78, 5) is 9.51. The second-order valence-corrected chi connectivity index (χ2v) is 6.67. The first-order chi connectivity index (χ1) is 11.8. The highest BCUT2D eigenvalue weighted by Gasteiger charge is 2.22. The van der Waals surface area contributed by atoms with Crippen LogP contribution in [0.2, 0.25) is 0 Å². The van der Waals surface area contributed by atoms with E-state index < -0.39 is 0 Å². The molecular weight excluding hydrogens is 300 g/mol. The molecule has 5 nitrogen and oxygen atoms in total. The number of benzene rings is 1. The largest absolute Gasteiger partial charge is 0.379 e. The topological polar surface area (TPSA) is 54.1 Å². The summed E-state index contributed by atoms with van der Waals surface area (Å²) in [6.45, 7) is 6.32. The molecule has 1 aromatic carbocycles. The Morgan fingerprint density at radius 2 is 1.67 bits per heavy atom. The number of hydrogen-bond acceptors (Lipinski definition) is 3. The van der Waals surface area contributed by atoms with Crippen molar-refractivity contribution in [2.45, 2.75) is 31.7 Å². The molecule has 1 atom stereocenters. The van der Waals surface area contributed by atoms with Gasteiger partial charge in [0.15, 0.2) is 5.96 Å². The number of likely N-dealkylation sites (tertiary alicyclic amines) is 1. The van der Waals surface area contributed by atoms with Gasteiger partial charge in [0.1, 0.15) is 0 Å². The maximum atomic E-state index is 6.31. The van der Waals surface area contributed by atoms with Crippen molar-refractivity contribution in [2.75, 3.05) is 45.9 Å². The lowest BCUT2D eigenvalue weighted by Crippen LogP contribution is -2.42. The first-order valence-electron chi connectivity index (χ1n) is 9.26. The summed E-state index contributed by atoms with van der Waals surface area (Å²) in [5.74, 6) is 0.714. The third-order valence-electron chi connectivity index (χ3n) is 5.03. The predicted octanol–water partition coefficient (Wildman–Crippen LogP) is 2.25. The molecule has 2 saturated heterocycles. The van der Waals surface area contributed by atoms with Crippen molar-refractivity contribution in [1.82, 2.24) is 9.80 Å². The molecule has 132 valence electrons. The molecule has 1 unspecified atom stereocenters. The normalized spacial score (nSPS) is 22.2. The summed E-state index contributed by atoms with van der Waals surface area (Å²) >= 11 is 0. The molecule has 2 aliphatic heterocycles. The average Bonchev–Trinajstić information content (AvgIpc) is 2.93. The van der Waals surface area contributed by atoms with Crippen LogP contribution in [0.15, 0.2) is 35.3 Å². The Morgan fingerprint density at radius 1 is 1.00 bits per heavy atom. The van der Waals surface area contributed by atoms with Crippen LogP contribution in [0.3, 0.4) is 0 Å². The summed E-state index contributed by atoms with van der Waals surface area (Å²) in [7, 11) is 0. The molecule has 0 radical (unpaired) electrons. The molecule has 0 aliphatic carbocycles. The summed E-state index contributed by atoms with van der Waals surface area (Å²) in [6.07, 6.45) is 5.07. The van der Waals surface area contributed by atoms with Gasteiger partial charge in [0.25, 0.3) is 0 Å². The molecule has 0 spiro atoms. The van der Waals surface area contributed by atoms with Crippen LogP contribution in [-0.2, 0) is 4.74 Å². The Morgan fingerprint density at radius 3 is 2.33 bits per heavy atom. The summed E-state index contributed by atoms with van der Waals surface area (Å²) in [5.41, 5.74) is 7.62. The average molecular weight is 330 g/mol. The summed E-state index contributed by atoms with van der Waals surface area (Å²) in [5, 5.41) is 0. The smallest absolute Gasteiger partial charge is 0.191 e. The van der Waals surface area contributed by atoms with Gasteiger partial charge in [-0.3, -0.25) is 9.89 Å². The second kappa shape index (κ2) is 9.04. The molecule has 2 heterocycles. The van der Waals surface area contributed by atoms with Gasteiger partial charge >= 0.3 is 0 Å². The molecule has 0 aromatic heterocycles. The number of aliphatic imine (C=N–C) groups is 1. The first-order valence-corrected chi connectivity index (χ1v) is 9.26. The minimum absolute atomic E-state index is 0.278. The van der Waals surface area contributed by atoms with Crippen LogP contribution in [0.25, 0.3) is 0 Å². The quantitative estimate of drug-likeness (QED) is 0.679. The number of morpholine rings is 1. The lowest BCUT2D eigenvalue weighted by Gasteiger charge is -2.34. The third kappa shape index (κ3) is 4.71. The van der Waals surface area contributed by atoms with E-state index in [0.29, 0.717) is 12.5 Å². The van der Waals surface area contributed by atoms with Crippen LogP contribution in [0.1, 0.15) is 37.3 Å². The maximum absolute atomic E-state index is 6.31. The second-order valence-electron chi connectivity index (χ2n) is 6.67. The number of hydrogen-bond donors (Lipinski definition) is 1. The van der Waals surface area contributed by atoms with Gasteiger partial charge < -0.3 is 15.4 Å². The van der Waals surface area contributed by atoms with E-state index >= 15 is 0 Å². The van der Waals surface area contributed by atoms with Gasteiger partial charge in [-0.05, 0) is 18.4 Å². The van der Waals surface area contributed by atoms with Crippen molar-refractivity contribution in [2.24, 2.45) is 10.7 Å². The van der Waals surface area contributed by atoms with Gasteiger partial charge in [0.2, 0.25) is 0 Å². The van der Waals surface area contributed by atoms with E-state index in [4.69, 9.17) is 15.5 Å². The SMILES string of the molecule is NC(=NCC(c1ccccc1)N1CCOCC1)N1CCCCCC1. The third-order valence-corrected chi connectivity index (χ3v) is 5.03. The van der Waals surface area contributed by atoms with Crippen LogP contribution >= 0.6 is 0 Å². The van der Waals surface area contributed by atoms with Crippen molar-refractivity contribution in [3.05, 3.63) is 35.9 Å². The van der Waals surface area contributed by atoms with Gasteiger partial charge in [-0.25, -0.2) is 0 Å². The van der Waals surface area contributed by atoms with Crippen molar-refractivity contribution in [1.29, 1.82) is 0 Å². The molecule has 1 aromatic rings. The van der Waals surface area contributed by atoms with Gasteiger partial charge in [0, 0.05) is 26.2 Å². The molecule has 2 N–H and O–H groups in total. The molecule has 2 aliphatic rings. The van der Waals surface area contributed by atoms with Gasteiger partial charge in [0.05, 0.1) is 25.8 Å². The van der Waals surface area contributed by atoms with Crippen LogP contribution in [-0.4, -0.2) is 61.7 Å². The van der Waals surface area contributed by atoms with E-state index in [2.05, 4.69) is 40.1 Å². The number of guanidine groups is 1. The number of nitrogens with zero attached hydrogens (tertiary/aromatic N) is 3. The Hall–Kier alpha value is -1.59. The maximum Gasteiger partial charge on any atom is 0.191 e. The minimum Gasteiger partial charge on any atom is -0.379 e. The fourth-order valence-electron chi connectivity index (χ4n) is 3.58. The van der Waals surface area contributed by atoms with Crippen molar-refractivity contribution in [3.63, 3.8) is 0 Å². The van der Waals surface area contributed by atoms with Crippen molar-refractivity contribution in [3.8, 4) is 0 Å². The molecule has 0 saturated carbocycles. The highest BCUT2D eigenvalue weighted by atomic mass is 16.5. The van der Waals surface area contributed by atoms with Crippen LogP contribution in [0.5, 0.6) is 0 Å². The van der Waals surface area contributed by atoms with Gasteiger partial charge in [-0.1, -0.05) is 43.2 Å². The number of ether oxygens (including phenoxy) is 1. The zero-order chi connectivity index (χ0) is 16.6. The summed E-state index contributed by atoms with van der Waals surface area (Å²) in [6, 6.07) is 10.9.